The standard InChI is InChI=1S/CH2Cl2N2S/c2-4-1(6)5-3/h(H2,4,5,6). The molecule has 0 amide bonds. The van der Waals surface area contributed by atoms with Crippen LogP contribution in [0.5, 0.6) is 0 Å². The first-order chi connectivity index (χ1) is 2.81. The van der Waals surface area contributed by atoms with Crippen LogP contribution in [0.2, 0.25) is 0 Å². The molecule has 0 saturated heterocycles. The summed E-state index contributed by atoms with van der Waals surface area (Å²) in [6.45, 7) is 0. The minimum atomic E-state index is 0.207. The molecule has 0 aromatic heterocycles. The summed E-state index contributed by atoms with van der Waals surface area (Å²) in [5, 5.41) is 0.207. The molecule has 2 N–H and O–H groups in total. The SMILES string of the molecule is S=C(NCl)NCl. The van der Waals surface area contributed by atoms with E-state index in [1.165, 1.54) is 0 Å². The van der Waals surface area contributed by atoms with E-state index in [2.05, 4.69) is 21.9 Å². The molecule has 5 heteroatoms. The molecular weight excluding hydrogens is 143 g/mol. The molecule has 0 aliphatic rings. The molecule has 0 spiro atoms. The molecule has 0 aromatic rings. The zero-order chi connectivity index (χ0) is 4.99. The van der Waals surface area contributed by atoms with Gasteiger partial charge in [0.2, 0.25) is 0 Å². The second-order valence-corrected chi connectivity index (χ2v) is 1.30. The summed E-state index contributed by atoms with van der Waals surface area (Å²) < 4.78 is 0. The van der Waals surface area contributed by atoms with Gasteiger partial charge in [0.1, 0.15) is 0 Å². The molecule has 0 aromatic carbocycles. The van der Waals surface area contributed by atoms with Gasteiger partial charge in [-0.1, -0.05) is 0 Å². The minimum Gasteiger partial charge on any atom is -0.274 e. The van der Waals surface area contributed by atoms with Gasteiger partial charge in [-0.15, -0.1) is 0 Å². The molecule has 0 rings (SSSR count). The number of hydrogen-bond acceptors (Lipinski definition) is 1. The molecule has 2 nitrogen and oxygen atoms in total. The third kappa shape index (κ3) is 2.50. The van der Waals surface area contributed by atoms with Crippen LogP contribution < -0.4 is 9.67 Å². The summed E-state index contributed by atoms with van der Waals surface area (Å²) in [5.41, 5.74) is 0. The van der Waals surface area contributed by atoms with E-state index in [0.29, 0.717) is 0 Å². The summed E-state index contributed by atoms with van der Waals surface area (Å²) in [4.78, 5) is 4.15. The van der Waals surface area contributed by atoms with Gasteiger partial charge in [0.05, 0.1) is 0 Å². The van der Waals surface area contributed by atoms with E-state index in [9.17, 15) is 0 Å². The summed E-state index contributed by atoms with van der Waals surface area (Å²) in [7, 11) is 0. The van der Waals surface area contributed by atoms with Crippen molar-refractivity contribution in [2.75, 3.05) is 0 Å². The van der Waals surface area contributed by atoms with Crippen molar-refractivity contribution in [3.8, 4) is 0 Å². The van der Waals surface area contributed by atoms with Gasteiger partial charge < -0.3 is 0 Å². The van der Waals surface area contributed by atoms with Crippen LogP contribution >= 0.6 is 35.8 Å². The summed E-state index contributed by atoms with van der Waals surface area (Å²) in [6, 6.07) is 0. The molecular formula is CH2Cl2N2S. The highest BCUT2D eigenvalue weighted by molar-refractivity contribution is 7.80. The van der Waals surface area contributed by atoms with Crippen LogP contribution in [0.1, 0.15) is 0 Å². The van der Waals surface area contributed by atoms with E-state index >= 15 is 0 Å². The first-order valence-corrected chi connectivity index (χ1v) is 2.25. The Bertz CT molecular complexity index is 49.5. The highest BCUT2D eigenvalue weighted by Gasteiger charge is 1.80. The van der Waals surface area contributed by atoms with E-state index in [4.69, 9.17) is 23.6 Å². The van der Waals surface area contributed by atoms with Gasteiger partial charge in [0, 0.05) is 23.6 Å². The lowest BCUT2D eigenvalue weighted by Gasteiger charge is -1.90. The van der Waals surface area contributed by atoms with Crippen LogP contribution in [-0.2, 0) is 0 Å². The van der Waals surface area contributed by atoms with Crippen LogP contribution in [-0.4, -0.2) is 5.11 Å². The van der Waals surface area contributed by atoms with E-state index in [0.717, 1.165) is 0 Å². The number of rotatable bonds is 0. The fraction of sp³-hybridized carbons (Fsp3) is 0. The van der Waals surface area contributed by atoms with Gasteiger partial charge in [-0.05, 0) is 12.2 Å². The normalized spacial score (nSPS) is 7.00. The smallest absolute Gasteiger partial charge is 0.195 e. The Hall–Kier alpha value is 0.270. The molecule has 0 heterocycles. The molecule has 0 aliphatic carbocycles. The average molecular weight is 145 g/mol. The molecule has 0 saturated carbocycles. The van der Waals surface area contributed by atoms with Crippen molar-refractivity contribution in [2.45, 2.75) is 0 Å². The highest BCUT2D eigenvalue weighted by atomic mass is 35.5. The van der Waals surface area contributed by atoms with Crippen LogP contribution in [0.4, 0.5) is 0 Å². The Morgan fingerprint density at radius 2 is 1.67 bits per heavy atom. The minimum absolute atomic E-state index is 0.207. The Kier molecular flexibility index (Phi) is 3.62. The van der Waals surface area contributed by atoms with Gasteiger partial charge in [0.25, 0.3) is 0 Å². The predicted octanol–water partition coefficient (Wildman–Crippen LogP) is 0.758. The lowest BCUT2D eigenvalue weighted by atomic mass is 11.3. The van der Waals surface area contributed by atoms with Crippen molar-refractivity contribution >= 4 is 40.9 Å². The van der Waals surface area contributed by atoms with Crippen molar-refractivity contribution < 1.29 is 0 Å². The van der Waals surface area contributed by atoms with E-state index in [1.54, 1.807) is 0 Å². The van der Waals surface area contributed by atoms with Crippen LogP contribution in [0, 0.1) is 0 Å². The maximum Gasteiger partial charge on any atom is 0.195 e. The van der Waals surface area contributed by atoms with Crippen LogP contribution in [0.25, 0.3) is 0 Å². The maximum absolute atomic E-state index is 4.91. The Morgan fingerprint density at radius 3 is 1.67 bits per heavy atom. The Labute approximate surface area is 51.0 Å². The first-order valence-electron chi connectivity index (χ1n) is 1.08. The fourth-order valence-electron chi connectivity index (χ4n) is 0.0179. The first kappa shape index (κ1) is 6.27. The molecule has 6 heavy (non-hydrogen) atoms. The van der Waals surface area contributed by atoms with Crippen molar-refractivity contribution in [1.29, 1.82) is 0 Å². The molecule has 0 atom stereocenters. The average Bonchev–Trinajstić information content (AvgIpc) is 1.65. The molecule has 0 aliphatic heterocycles. The topological polar surface area (TPSA) is 24.1 Å². The molecule has 0 unspecified atom stereocenters. The lowest BCUT2D eigenvalue weighted by Crippen LogP contribution is -2.20. The second-order valence-electron chi connectivity index (χ2n) is 0.518. The zero-order valence-corrected chi connectivity index (χ0v) is 4.99. The summed E-state index contributed by atoms with van der Waals surface area (Å²) in [5.74, 6) is 0. The highest BCUT2D eigenvalue weighted by Crippen LogP contribution is 1.68. The van der Waals surface area contributed by atoms with Gasteiger partial charge >= 0.3 is 0 Å². The second kappa shape index (κ2) is 3.46. The predicted molar refractivity (Wildman–Crippen MR) is 30.6 cm³/mol. The number of hydrogen-bond donors (Lipinski definition) is 2. The Morgan fingerprint density at radius 1 is 1.33 bits per heavy atom. The summed E-state index contributed by atoms with van der Waals surface area (Å²) in [6.07, 6.45) is 0. The number of halogens is 2. The van der Waals surface area contributed by atoms with Crippen LogP contribution in [0.3, 0.4) is 0 Å². The van der Waals surface area contributed by atoms with Gasteiger partial charge in [-0.25, -0.2) is 0 Å². The quantitative estimate of drug-likeness (QED) is 0.388. The zero-order valence-electron chi connectivity index (χ0n) is 2.66. The van der Waals surface area contributed by atoms with Crippen molar-refractivity contribution in [3.63, 3.8) is 0 Å². The molecule has 36 valence electrons. The maximum atomic E-state index is 4.91. The largest absolute Gasteiger partial charge is 0.274 e. The van der Waals surface area contributed by atoms with E-state index in [-0.39, 0.29) is 5.11 Å². The fourth-order valence-corrected chi connectivity index (χ4v) is 0.161. The monoisotopic (exact) mass is 144 g/mol. The number of nitrogens with one attached hydrogen (secondary N) is 2. The van der Waals surface area contributed by atoms with Gasteiger partial charge in [0.15, 0.2) is 5.11 Å². The lowest BCUT2D eigenvalue weighted by molar-refractivity contribution is 1.39. The number of thiocarbonyl (C=S) groups is 1. The van der Waals surface area contributed by atoms with E-state index in [1.807, 2.05) is 0 Å². The molecule has 0 bridgehead atoms. The van der Waals surface area contributed by atoms with E-state index < -0.39 is 0 Å². The van der Waals surface area contributed by atoms with Gasteiger partial charge in [-0.3, -0.25) is 9.67 Å². The molecule has 0 radical (unpaired) electrons. The van der Waals surface area contributed by atoms with Crippen molar-refractivity contribution in [1.82, 2.24) is 9.67 Å². The Balaban J connectivity index is 2.99. The third-order valence-electron chi connectivity index (χ3n) is 0.172. The van der Waals surface area contributed by atoms with Gasteiger partial charge in [-0.2, -0.15) is 0 Å². The van der Waals surface area contributed by atoms with Crippen LogP contribution in [0.15, 0.2) is 0 Å². The third-order valence-corrected chi connectivity index (χ3v) is 0.978. The molecule has 0 fully saturated rings. The summed E-state index contributed by atoms with van der Waals surface area (Å²) >= 11 is 14.2. The van der Waals surface area contributed by atoms with Crippen molar-refractivity contribution in [2.24, 2.45) is 0 Å². The van der Waals surface area contributed by atoms with Crippen molar-refractivity contribution in [3.05, 3.63) is 0 Å².